The summed E-state index contributed by atoms with van der Waals surface area (Å²) in [6, 6.07) is 9.14. The van der Waals surface area contributed by atoms with Gasteiger partial charge in [0.25, 0.3) is 0 Å². The molecular formula is C17H27O2P. The second kappa shape index (κ2) is 9.13. The van der Waals surface area contributed by atoms with Crippen molar-refractivity contribution in [3.63, 3.8) is 0 Å². The molecule has 1 aromatic rings. The molecule has 0 atom stereocenters. The summed E-state index contributed by atoms with van der Waals surface area (Å²) in [6.07, 6.45) is 7.26. The predicted molar refractivity (Wildman–Crippen MR) is 87.2 cm³/mol. The quantitative estimate of drug-likeness (QED) is 0.417. The van der Waals surface area contributed by atoms with Gasteiger partial charge in [0, 0.05) is 17.9 Å². The third-order valence-electron chi connectivity index (χ3n) is 3.64. The van der Waals surface area contributed by atoms with E-state index < -0.39 is 7.14 Å². The molecule has 20 heavy (non-hydrogen) atoms. The van der Waals surface area contributed by atoms with Crippen molar-refractivity contribution in [2.24, 2.45) is 0 Å². The fourth-order valence-corrected chi connectivity index (χ4v) is 5.08. The number of hydrogen-bond donors (Lipinski definition) is 0. The van der Waals surface area contributed by atoms with Crippen molar-refractivity contribution in [1.29, 1.82) is 0 Å². The molecule has 0 spiro atoms. The van der Waals surface area contributed by atoms with Gasteiger partial charge in [-0.2, -0.15) is 0 Å². The first-order valence-electron chi connectivity index (χ1n) is 7.82. The zero-order valence-electron chi connectivity index (χ0n) is 12.8. The predicted octanol–water partition coefficient (Wildman–Crippen LogP) is 5.57. The Morgan fingerprint density at radius 3 is 1.85 bits per heavy atom. The summed E-state index contributed by atoms with van der Waals surface area (Å²) in [7, 11) is -2.73. The number of carbonyl (C=O) groups is 1. The number of benzene rings is 1. The van der Waals surface area contributed by atoms with Crippen LogP contribution in [0.25, 0.3) is 0 Å². The second-order valence-corrected chi connectivity index (χ2v) is 8.50. The average molecular weight is 294 g/mol. The third-order valence-corrected chi connectivity index (χ3v) is 6.71. The molecule has 112 valence electrons. The maximum absolute atomic E-state index is 13.1. The van der Waals surface area contributed by atoms with Crippen molar-refractivity contribution in [2.75, 3.05) is 12.3 Å². The molecule has 0 aliphatic rings. The van der Waals surface area contributed by atoms with Crippen molar-refractivity contribution >= 4 is 12.7 Å². The zero-order valence-corrected chi connectivity index (χ0v) is 13.7. The summed E-state index contributed by atoms with van der Waals surface area (Å²) in [5.74, 6) is 0. The Bertz CT molecular complexity index is 426. The van der Waals surface area contributed by atoms with Crippen LogP contribution in [-0.2, 0) is 4.57 Å². The Morgan fingerprint density at radius 2 is 1.40 bits per heavy atom. The molecule has 0 radical (unpaired) electrons. The van der Waals surface area contributed by atoms with Gasteiger partial charge in [0.15, 0.2) is 7.14 Å². The zero-order chi connectivity index (χ0) is 14.8. The Kier molecular flexibility index (Phi) is 7.84. The van der Waals surface area contributed by atoms with Gasteiger partial charge in [0.1, 0.15) is 0 Å². The molecule has 0 aliphatic heterocycles. The van der Waals surface area contributed by atoms with Gasteiger partial charge in [0.05, 0.1) is 0 Å². The van der Waals surface area contributed by atoms with Gasteiger partial charge in [0.2, 0.25) is 5.52 Å². The van der Waals surface area contributed by atoms with Gasteiger partial charge < -0.3 is 4.57 Å². The van der Waals surface area contributed by atoms with Crippen molar-refractivity contribution in [2.45, 2.75) is 52.4 Å². The van der Waals surface area contributed by atoms with Crippen molar-refractivity contribution < 1.29 is 9.36 Å². The van der Waals surface area contributed by atoms with E-state index in [1.807, 2.05) is 18.2 Å². The highest BCUT2D eigenvalue weighted by molar-refractivity contribution is 7.81. The lowest BCUT2D eigenvalue weighted by Gasteiger charge is -2.17. The number of rotatable bonds is 10. The number of carbonyl (C=O) groups excluding carboxylic acids is 1. The molecule has 0 amide bonds. The minimum atomic E-state index is -2.73. The summed E-state index contributed by atoms with van der Waals surface area (Å²) in [4.78, 5) is 12.6. The average Bonchev–Trinajstić information content (AvgIpc) is 2.48. The Hall–Kier alpha value is -0.880. The molecule has 0 aromatic heterocycles. The monoisotopic (exact) mass is 294 g/mol. The summed E-state index contributed by atoms with van der Waals surface area (Å²) in [6.45, 7) is 4.25. The highest BCUT2D eigenvalue weighted by Crippen LogP contribution is 2.50. The maximum Gasteiger partial charge on any atom is 0.221 e. The first-order chi connectivity index (χ1) is 9.64. The summed E-state index contributed by atoms with van der Waals surface area (Å²) in [5, 5.41) is 0. The Labute approximate surface area is 123 Å². The van der Waals surface area contributed by atoms with Gasteiger partial charge >= 0.3 is 0 Å². The minimum Gasteiger partial charge on any atom is -0.315 e. The molecule has 0 fully saturated rings. The van der Waals surface area contributed by atoms with E-state index in [-0.39, 0.29) is 5.52 Å². The van der Waals surface area contributed by atoms with Gasteiger partial charge in [-0.1, -0.05) is 69.9 Å². The molecular weight excluding hydrogens is 267 g/mol. The summed E-state index contributed by atoms with van der Waals surface area (Å²) < 4.78 is 13.1. The van der Waals surface area contributed by atoms with Crippen LogP contribution in [0.2, 0.25) is 0 Å². The molecule has 3 heteroatoms. The van der Waals surface area contributed by atoms with Crippen LogP contribution in [0, 0.1) is 0 Å². The van der Waals surface area contributed by atoms with E-state index in [9.17, 15) is 9.36 Å². The van der Waals surface area contributed by atoms with Crippen LogP contribution in [-0.4, -0.2) is 17.8 Å². The van der Waals surface area contributed by atoms with Crippen LogP contribution in [0.15, 0.2) is 30.3 Å². The molecule has 0 N–H and O–H groups in total. The van der Waals surface area contributed by atoms with E-state index in [2.05, 4.69) is 13.8 Å². The first-order valence-corrected chi connectivity index (χ1v) is 9.89. The van der Waals surface area contributed by atoms with Gasteiger partial charge in [-0.25, -0.2) is 0 Å². The smallest absolute Gasteiger partial charge is 0.221 e. The SMILES string of the molecule is CCCCCP(=O)(CCCCC)C(=O)c1ccccc1. The lowest BCUT2D eigenvalue weighted by Crippen LogP contribution is -2.08. The molecule has 0 saturated heterocycles. The van der Waals surface area contributed by atoms with Crippen LogP contribution >= 0.6 is 7.14 Å². The third kappa shape index (κ3) is 5.25. The molecule has 1 aromatic carbocycles. The number of unbranched alkanes of at least 4 members (excludes halogenated alkanes) is 4. The fourth-order valence-electron chi connectivity index (χ4n) is 2.37. The minimum absolute atomic E-state index is 0.106. The first kappa shape index (κ1) is 17.2. The van der Waals surface area contributed by atoms with Crippen LogP contribution in [0.4, 0.5) is 0 Å². The van der Waals surface area contributed by atoms with Gasteiger partial charge in [-0.3, -0.25) is 4.79 Å². The van der Waals surface area contributed by atoms with Gasteiger partial charge in [-0.15, -0.1) is 0 Å². The van der Waals surface area contributed by atoms with Crippen molar-refractivity contribution in [3.05, 3.63) is 35.9 Å². The summed E-state index contributed by atoms with van der Waals surface area (Å²) >= 11 is 0. The molecule has 2 nitrogen and oxygen atoms in total. The number of hydrogen-bond acceptors (Lipinski definition) is 2. The Morgan fingerprint density at radius 1 is 0.900 bits per heavy atom. The van der Waals surface area contributed by atoms with E-state index >= 15 is 0 Å². The second-order valence-electron chi connectivity index (χ2n) is 5.42. The molecule has 1 rings (SSSR count). The lowest BCUT2D eigenvalue weighted by molar-refractivity contribution is 0.107. The van der Waals surface area contributed by atoms with E-state index in [1.54, 1.807) is 12.1 Å². The fraction of sp³-hybridized carbons (Fsp3) is 0.588. The molecule has 0 aliphatic carbocycles. The molecule has 0 unspecified atom stereocenters. The van der Waals surface area contributed by atoms with Crippen molar-refractivity contribution in [1.82, 2.24) is 0 Å². The van der Waals surface area contributed by atoms with Crippen LogP contribution in [0.5, 0.6) is 0 Å². The highest BCUT2D eigenvalue weighted by Gasteiger charge is 2.30. The van der Waals surface area contributed by atoms with Crippen LogP contribution in [0.3, 0.4) is 0 Å². The summed E-state index contributed by atoms with van der Waals surface area (Å²) in [5.41, 5.74) is 0.508. The van der Waals surface area contributed by atoms with E-state index in [4.69, 9.17) is 0 Å². The van der Waals surface area contributed by atoms with Crippen LogP contribution in [0.1, 0.15) is 62.7 Å². The topological polar surface area (TPSA) is 34.1 Å². The molecule has 0 heterocycles. The lowest BCUT2D eigenvalue weighted by atomic mass is 10.2. The molecule has 0 bridgehead atoms. The van der Waals surface area contributed by atoms with E-state index in [0.29, 0.717) is 17.9 Å². The van der Waals surface area contributed by atoms with E-state index in [0.717, 1.165) is 38.5 Å². The standard InChI is InChI=1S/C17H27O2P/c1-3-5-10-14-20(19,15-11-6-4-2)17(18)16-12-8-7-9-13-16/h7-9,12-13H,3-6,10-11,14-15H2,1-2H3. The van der Waals surface area contributed by atoms with Crippen molar-refractivity contribution in [3.8, 4) is 0 Å². The normalized spacial score (nSPS) is 11.5. The maximum atomic E-state index is 13.1. The highest BCUT2D eigenvalue weighted by atomic mass is 31.2. The van der Waals surface area contributed by atoms with Gasteiger partial charge in [-0.05, 0) is 12.8 Å². The van der Waals surface area contributed by atoms with Crippen LogP contribution < -0.4 is 0 Å². The van der Waals surface area contributed by atoms with E-state index in [1.165, 1.54) is 0 Å². The molecule has 0 saturated carbocycles. The Balaban J connectivity index is 2.80. The largest absolute Gasteiger partial charge is 0.315 e.